The lowest BCUT2D eigenvalue weighted by Crippen LogP contribution is -2.41. The van der Waals surface area contributed by atoms with Gasteiger partial charge in [-0.15, -0.1) is 12.4 Å². The van der Waals surface area contributed by atoms with Crippen LogP contribution in [0.15, 0.2) is 24.3 Å². The molecule has 0 saturated carbocycles. The van der Waals surface area contributed by atoms with Gasteiger partial charge in [0, 0.05) is 24.8 Å². The van der Waals surface area contributed by atoms with Gasteiger partial charge in [-0.05, 0) is 31.0 Å². The van der Waals surface area contributed by atoms with Crippen LogP contribution in [0.1, 0.15) is 33.6 Å². The first-order valence-corrected chi connectivity index (χ1v) is 6.86. The Balaban J connectivity index is 0.00000400. The van der Waals surface area contributed by atoms with Gasteiger partial charge in [-0.25, -0.2) is 0 Å². The third-order valence-corrected chi connectivity index (χ3v) is 3.67. The second kappa shape index (κ2) is 8.64. The van der Waals surface area contributed by atoms with Crippen molar-refractivity contribution in [3.8, 4) is 0 Å². The Kier molecular flexibility index (Phi) is 7.99. The van der Waals surface area contributed by atoms with Crippen molar-refractivity contribution < 1.29 is 9.59 Å². The van der Waals surface area contributed by atoms with Crippen LogP contribution in [0.25, 0.3) is 0 Å². The predicted molar refractivity (Wildman–Crippen MR) is 88.7 cm³/mol. The maximum Gasteiger partial charge on any atom is 0.231 e. The molecule has 0 aromatic heterocycles. The molecule has 0 bridgehead atoms. The number of carbonyl (C=O) groups excluding carboxylic acids is 2. The summed E-state index contributed by atoms with van der Waals surface area (Å²) in [5.74, 6) is -0.225. The summed E-state index contributed by atoms with van der Waals surface area (Å²) in [4.78, 5) is 23.4. The van der Waals surface area contributed by atoms with Crippen LogP contribution in [0.2, 0.25) is 0 Å². The Bertz CT molecular complexity index is 479. The highest BCUT2D eigenvalue weighted by atomic mass is 35.5. The fraction of sp³-hybridized carbons (Fsp3) is 0.467. The second-order valence-electron chi connectivity index (χ2n) is 4.91. The lowest BCUT2D eigenvalue weighted by atomic mass is 9.81. The summed E-state index contributed by atoms with van der Waals surface area (Å²) in [6, 6.07) is 7.07. The van der Waals surface area contributed by atoms with E-state index in [1.165, 1.54) is 6.92 Å². The standard InChI is InChI=1S/C15H23N3O2.ClH/c1-4-15(5-2,10-16)14(20)18-13-8-6-7-12(9-13)17-11(3)19;/h6-9H,4-5,10,16H2,1-3H3,(H,17,19)(H,18,20);1H. The number of hydrogen-bond donors (Lipinski definition) is 3. The van der Waals surface area contributed by atoms with Crippen molar-refractivity contribution in [3.63, 3.8) is 0 Å². The fourth-order valence-electron chi connectivity index (χ4n) is 2.09. The number of amides is 2. The highest BCUT2D eigenvalue weighted by molar-refractivity contribution is 5.96. The molecule has 0 fully saturated rings. The second-order valence-corrected chi connectivity index (χ2v) is 4.91. The van der Waals surface area contributed by atoms with E-state index in [4.69, 9.17) is 5.73 Å². The van der Waals surface area contributed by atoms with Gasteiger partial charge in [0.2, 0.25) is 11.8 Å². The average molecular weight is 314 g/mol. The zero-order valence-corrected chi connectivity index (χ0v) is 13.5. The van der Waals surface area contributed by atoms with E-state index in [1.54, 1.807) is 24.3 Å². The minimum absolute atomic E-state index is 0. The summed E-state index contributed by atoms with van der Waals surface area (Å²) in [7, 11) is 0. The summed E-state index contributed by atoms with van der Waals surface area (Å²) < 4.78 is 0. The van der Waals surface area contributed by atoms with Crippen LogP contribution >= 0.6 is 12.4 Å². The SMILES string of the molecule is CCC(CC)(CN)C(=O)Nc1cccc(NC(C)=O)c1.Cl. The molecule has 2 amide bonds. The number of carbonyl (C=O) groups is 2. The Morgan fingerprint density at radius 1 is 1.14 bits per heavy atom. The quantitative estimate of drug-likeness (QED) is 0.755. The molecule has 21 heavy (non-hydrogen) atoms. The van der Waals surface area contributed by atoms with Crippen molar-refractivity contribution in [1.82, 2.24) is 0 Å². The van der Waals surface area contributed by atoms with Crippen LogP contribution in [-0.4, -0.2) is 18.4 Å². The topological polar surface area (TPSA) is 84.2 Å². The number of nitrogens with one attached hydrogen (secondary N) is 2. The van der Waals surface area contributed by atoms with E-state index >= 15 is 0 Å². The first-order valence-electron chi connectivity index (χ1n) is 6.86. The lowest BCUT2D eigenvalue weighted by molar-refractivity contribution is -0.125. The first kappa shape index (κ1) is 19.4. The first-order chi connectivity index (χ1) is 9.47. The third kappa shape index (κ3) is 5.02. The molecule has 0 unspecified atom stereocenters. The maximum absolute atomic E-state index is 12.4. The van der Waals surface area contributed by atoms with Gasteiger partial charge >= 0.3 is 0 Å². The Morgan fingerprint density at radius 2 is 1.67 bits per heavy atom. The molecule has 1 aromatic rings. The summed E-state index contributed by atoms with van der Waals surface area (Å²) >= 11 is 0. The van der Waals surface area contributed by atoms with Crippen molar-refractivity contribution in [2.75, 3.05) is 17.2 Å². The van der Waals surface area contributed by atoms with E-state index in [0.717, 1.165) is 0 Å². The van der Waals surface area contributed by atoms with E-state index in [1.807, 2.05) is 13.8 Å². The van der Waals surface area contributed by atoms with Gasteiger partial charge < -0.3 is 16.4 Å². The highest BCUT2D eigenvalue weighted by Crippen LogP contribution is 2.27. The molecule has 0 aliphatic rings. The van der Waals surface area contributed by atoms with Crippen molar-refractivity contribution in [2.24, 2.45) is 11.1 Å². The van der Waals surface area contributed by atoms with E-state index in [2.05, 4.69) is 10.6 Å². The molecular weight excluding hydrogens is 290 g/mol. The molecule has 118 valence electrons. The van der Waals surface area contributed by atoms with E-state index in [0.29, 0.717) is 30.8 Å². The largest absolute Gasteiger partial charge is 0.329 e. The van der Waals surface area contributed by atoms with Gasteiger partial charge in [0.05, 0.1) is 5.41 Å². The van der Waals surface area contributed by atoms with Gasteiger partial charge in [0.25, 0.3) is 0 Å². The van der Waals surface area contributed by atoms with Gasteiger partial charge in [-0.3, -0.25) is 9.59 Å². The molecule has 5 nitrogen and oxygen atoms in total. The van der Waals surface area contributed by atoms with Gasteiger partial charge in [-0.2, -0.15) is 0 Å². The Morgan fingerprint density at radius 3 is 2.10 bits per heavy atom. The van der Waals surface area contributed by atoms with E-state index < -0.39 is 5.41 Å². The van der Waals surface area contributed by atoms with Gasteiger partial charge in [-0.1, -0.05) is 19.9 Å². The predicted octanol–water partition coefficient (Wildman–Crippen LogP) is 2.77. The number of halogens is 1. The van der Waals surface area contributed by atoms with Crippen LogP contribution in [0.4, 0.5) is 11.4 Å². The summed E-state index contributed by atoms with van der Waals surface area (Å²) in [6.45, 7) is 5.68. The fourth-order valence-corrected chi connectivity index (χ4v) is 2.09. The van der Waals surface area contributed by atoms with Crippen molar-refractivity contribution in [3.05, 3.63) is 24.3 Å². The molecule has 0 radical (unpaired) electrons. The molecule has 0 saturated heterocycles. The molecule has 1 aromatic carbocycles. The monoisotopic (exact) mass is 313 g/mol. The number of nitrogens with two attached hydrogens (primary N) is 1. The summed E-state index contributed by atoms with van der Waals surface area (Å²) in [5.41, 5.74) is 6.53. The molecule has 4 N–H and O–H groups in total. The Hall–Kier alpha value is -1.59. The van der Waals surface area contributed by atoms with Crippen molar-refractivity contribution in [2.45, 2.75) is 33.6 Å². The van der Waals surface area contributed by atoms with Crippen LogP contribution in [0, 0.1) is 5.41 Å². The number of anilines is 2. The highest BCUT2D eigenvalue weighted by Gasteiger charge is 2.33. The van der Waals surface area contributed by atoms with Crippen LogP contribution in [0.5, 0.6) is 0 Å². The van der Waals surface area contributed by atoms with Crippen LogP contribution in [0.3, 0.4) is 0 Å². The smallest absolute Gasteiger partial charge is 0.231 e. The zero-order valence-electron chi connectivity index (χ0n) is 12.7. The van der Waals surface area contributed by atoms with Crippen LogP contribution < -0.4 is 16.4 Å². The van der Waals surface area contributed by atoms with E-state index in [-0.39, 0.29) is 24.2 Å². The molecular formula is C15H24ClN3O2. The van der Waals surface area contributed by atoms with Crippen LogP contribution in [-0.2, 0) is 9.59 Å². The van der Waals surface area contributed by atoms with E-state index in [9.17, 15) is 9.59 Å². The lowest BCUT2D eigenvalue weighted by Gasteiger charge is -2.28. The number of rotatable bonds is 6. The van der Waals surface area contributed by atoms with Crippen molar-refractivity contribution in [1.29, 1.82) is 0 Å². The number of hydrogen-bond acceptors (Lipinski definition) is 3. The minimum Gasteiger partial charge on any atom is -0.329 e. The molecule has 0 aliphatic heterocycles. The molecule has 1 rings (SSSR count). The minimum atomic E-state index is -0.538. The van der Waals surface area contributed by atoms with Crippen molar-refractivity contribution >= 4 is 35.6 Å². The molecule has 6 heteroatoms. The van der Waals surface area contributed by atoms with Gasteiger partial charge in [0.15, 0.2) is 0 Å². The average Bonchev–Trinajstić information content (AvgIpc) is 2.41. The summed E-state index contributed by atoms with van der Waals surface area (Å²) in [5, 5.41) is 5.56. The summed E-state index contributed by atoms with van der Waals surface area (Å²) in [6.07, 6.45) is 1.38. The third-order valence-electron chi connectivity index (χ3n) is 3.67. The Labute approximate surface area is 132 Å². The molecule has 0 heterocycles. The van der Waals surface area contributed by atoms with Gasteiger partial charge in [0.1, 0.15) is 0 Å². The molecule has 0 atom stereocenters. The normalized spacial score (nSPS) is 10.5. The maximum atomic E-state index is 12.4. The zero-order chi connectivity index (χ0) is 15.2. The number of benzene rings is 1. The molecule has 0 spiro atoms. The molecule has 0 aliphatic carbocycles.